The summed E-state index contributed by atoms with van der Waals surface area (Å²) in [7, 11) is 1.61. The topological polar surface area (TPSA) is 97.0 Å². The van der Waals surface area contributed by atoms with Gasteiger partial charge in [0.15, 0.2) is 0 Å². The van der Waals surface area contributed by atoms with E-state index >= 15 is 0 Å². The molecule has 1 unspecified atom stereocenters. The summed E-state index contributed by atoms with van der Waals surface area (Å²) < 4.78 is 10.9. The zero-order chi connectivity index (χ0) is 15.7. The van der Waals surface area contributed by atoms with Gasteiger partial charge in [0.25, 0.3) is 0 Å². The second-order valence-electron chi connectivity index (χ2n) is 4.94. The summed E-state index contributed by atoms with van der Waals surface area (Å²) in [4.78, 5) is 0. The van der Waals surface area contributed by atoms with Crippen LogP contribution < -0.4 is 15.2 Å². The molecule has 1 aliphatic heterocycles. The monoisotopic (exact) mass is 296 g/mol. The maximum atomic E-state index is 9.54. The molecule has 0 spiro atoms. The van der Waals surface area contributed by atoms with Crippen molar-refractivity contribution in [2.24, 2.45) is 5.73 Å². The summed E-state index contributed by atoms with van der Waals surface area (Å²) in [5.74, 6) is 0.854. The number of rotatable bonds is 3. The maximum absolute atomic E-state index is 9.54. The molecule has 6 heteroatoms. The molecule has 6 nitrogen and oxygen atoms in total. The third kappa shape index (κ3) is 1.99. The fraction of sp³-hybridized carbons (Fsp3) is 0.250. The van der Waals surface area contributed by atoms with E-state index in [0.717, 1.165) is 23.2 Å². The molecule has 1 aliphatic rings. The number of ether oxygens (including phenoxy) is 2. The van der Waals surface area contributed by atoms with Crippen molar-refractivity contribution in [3.63, 3.8) is 0 Å². The number of methoxy groups -OCH3 is 1. The number of hydrogen-bond acceptors (Lipinski definition) is 5. The molecule has 1 atom stereocenters. The van der Waals surface area contributed by atoms with E-state index in [1.807, 2.05) is 31.2 Å². The van der Waals surface area contributed by atoms with Crippen molar-refractivity contribution in [3.8, 4) is 17.7 Å². The van der Waals surface area contributed by atoms with Crippen molar-refractivity contribution in [1.29, 1.82) is 5.26 Å². The van der Waals surface area contributed by atoms with Gasteiger partial charge in [0.1, 0.15) is 17.4 Å². The first-order valence-corrected chi connectivity index (χ1v) is 6.98. The number of H-pyrrole nitrogens is 1. The van der Waals surface area contributed by atoms with Crippen molar-refractivity contribution in [3.05, 3.63) is 52.5 Å². The first kappa shape index (κ1) is 14.0. The fourth-order valence-electron chi connectivity index (χ4n) is 2.79. The molecular formula is C16H16N4O2. The van der Waals surface area contributed by atoms with Crippen molar-refractivity contribution in [1.82, 2.24) is 10.2 Å². The summed E-state index contributed by atoms with van der Waals surface area (Å²) in [6.07, 6.45) is 0.746. The van der Waals surface area contributed by atoms with Crippen LogP contribution in [-0.2, 0) is 6.42 Å². The normalized spacial score (nSPS) is 16.7. The highest BCUT2D eigenvalue weighted by atomic mass is 16.5. The molecule has 0 aliphatic carbocycles. The van der Waals surface area contributed by atoms with E-state index in [-0.39, 0.29) is 11.8 Å². The minimum absolute atomic E-state index is 0.0834. The average Bonchev–Trinajstić information content (AvgIpc) is 2.95. The lowest BCUT2D eigenvalue weighted by atomic mass is 9.83. The Bertz CT molecular complexity index is 786. The van der Waals surface area contributed by atoms with Gasteiger partial charge in [-0.1, -0.05) is 25.1 Å². The van der Waals surface area contributed by atoms with Crippen molar-refractivity contribution >= 4 is 0 Å². The van der Waals surface area contributed by atoms with Crippen molar-refractivity contribution in [2.75, 3.05) is 7.11 Å². The lowest BCUT2D eigenvalue weighted by molar-refractivity contribution is 0.375. The van der Waals surface area contributed by atoms with Gasteiger partial charge < -0.3 is 15.2 Å². The molecule has 0 bridgehead atoms. The third-order valence-electron chi connectivity index (χ3n) is 3.82. The Morgan fingerprint density at radius 1 is 1.45 bits per heavy atom. The molecule has 3 rings (SSSR count). The van der Waals surface area contributed by atoms with Crippen LogP contribution >= 0.6 is 0 Å². The standard InChI is InChI=1S/C16H16N4O2/c1-3-11-14-13(9-6-4-5-7-12(9)21-2)10(8-17)15(18)22-16(14)20-19-11/h4-7,13H,3,18H2,1-2H3,(H,19,20). The molecule has 2 aromatic rings. The molecule has 2 heterocycles. The van der Waals surface area contributed by atoms with Crippen LogP contribution in [0.4, 0.5) is 0 Å². The minimum Gasteiger partial charge on any atom is -0.496 e. The van der Waals surface area contributed by atoms with E-state index in [4.69, 9.17) is 15.2 Å². The number of hydrogen-bond donors (Lipinski definition) is 2. The Labute approximate surface area is 128 Å². The zero-order valence-electron chi connectivity index (χ0n) is 12.4. The van der Waals surface area contributed by atoms with Crippen LogP contribution in [-0.4, -0.2) is 17.3 Å². The molecule has 3 N–H and O–H groups in total. The predicted octanol–water partition coefficient (Wildman–Crippen LogP) is 2.20. The Balaban J connectivity index is 2.28. The highest BCUT2D eigenvalue weighted by molar-refractivity contribution is 5.58. The fourth-order valence-corrected chi connectivity index (χ4v) is 2.79. The molecule has 0 saturated carbocycles. The Hall–Kier alpha value is -2.94. The Morgan fingerprint density at radius 3 is 2.91 bits per heavy atom. The Kier molecular flexibility index (Phi) is 3.47. The van der Waals surface area contributed by atoms with E-state index in [1.165, 1.54) is 0 Å². The highest BCUT2D eigenvalue weighted by Gasteiger charge is 2.36. The summed E-state index contributed by atoms with van der Waals surface area (Å²) >= 11 is 0. The third-order valence-corrected chi connectivity index (χ3v) is 3.82. The van der Waals surface area contributed by atoms with E-state index in [2.05, 4.69) is 16.3 Å². The number of nitrogens with one attached hydrogen (secondary N) is 1. The number of fused-ring (bicyclic) bond motifs is 1. The van der Waals surface area contributed by atoms with Crippen LogP contribution in [0.3, 0.4) is 0 Å². The SMILES string of the molecule is CCc1[nH]nc2c1C(c1ccccc1OC)C(C#N)=C(N)O2. The lowest BCUT2D eigenvalue weighted by Crippen LogP contribution is -2.21. The number of aromatic amines is 1. The molecule has 0 saturated heterocycles. The molecule has 1 aromatic heterocycles. The van der Waals surface area contributed by atoms with Crippen LogP contribution in [0.15, 0.2) is 35.7 Å². The number of allylic oxidation sites excluding steroid dienone is 1. The van der Waals surface area contributed by atoms with Gasteiger partial charge in [0.2, 0.25) is 11.8 Å². The molecule has 0 radical (unpaired) electrons. The first-order valence-electron chi connectivity index (χ1n) is 6.98. The number of aromatic nitrogens is 2. The largest absolute Gasteiger partial charge is 0.496 e. The number of nitrogens with zero attached hydrogens (tertiary/aromatic N) is 2. The van der Waals surface area contributed by atoms with Crippen LogP contribution in [0.1, 0.15) is 29.7 Å². The average molecular weight is 296 g/mol. The van der Waals surface area contributed by atoms with Gasteiger partial charge in [-0.2, -0.15) is 5.26 Å². The van der Waals surface area contributed by atoms with Gasteiger partial charge in [-0.05, 0) is 12.5 Å². The van der Waals surface area contributed by atoms with E-state index in [1.54, 1.807) is 7.11 Å². The van der Waals surface area contributed by atoms with E-state index < -0.39 is 0 Å². The second-order valence-corrected chi connectivity index (χ2v) is 4.94. The first-order chi connectivity index (χ1) is 10.7. The van der Waals surface area contributed by atoms with Crippen molar-refractivity contribution < 1.29 is 9.47 Å². The van der Waals surface area contributed by atoms with E-state index in [9.17, 15) is 5.26 Å². The second kappa shape index (κ2) is 5.45. The van der Waals surface area contributed by atoms with Crippen LogP contribution in [0.25, 0.3) is 0 Å². The van der Waals surface area contributed by atoms with Gasteiger partial charge in [0.05, 0.1) is 18.6 Å². The van der Waals surface area contributed by atoms with Gasteiger partial charge in [-0.15, -0.1) is 5.10 Å². The van der Waals surface area contributed by atoms with Crippen LogP contribution in [0.5, 0.6) is 11.6 Å². The summed E-state index contributed by atoms with van der Waals surface area (Å²) in [6, 6.07) is 9.75. The lowest BCUT2D eigenvalue weighted by Gasteiger charge is -2.25. The molecule has 112 valence electrons. The van der Waals surface area contributed by atoms with Gasteiger partial charge in [0, 0.05) is 11.3 Å². The number of aryl methyl sites for hydroxylation is 1. The quantitative estimate of drug-likeness (QED) is 0.905. The predicted molar refractivity (Wildman–Crippen MR) is 80.3 cm³/mol. The number of benzene rings is 1. The van der Waals surface area contributed by atoms with Crippen LogP contribution in [0.2, 0.25) is 0 Å². The number of para-hydroxylation sites is 1. The molecule has 0 fully saturated rings. The highest BCUT2D eigenvalue weighted by Crippen LogP contribution is 2.45. The van der Waals surface area contributed by atoms with Gasteiger partial charge >= 0.3 is 0 Å². The maximum Gasteiger partial charge on any atom is 0.244 e. The van der Waals surface area contributed by atoms with E-state index in [0.29, 0.717) is 17.2 Å². The van der Waals surface area contributed by atoms with Crippen LogP contribution in [0, 0.1) is 11.3 Å². The summed E-state index contributed by atoms with van der Waals surface area (Å²) in [6.45, 7) is 2.01. The number of nitriles is 1. The smallest absolute Gasteiger partial charge is 0.244 e. The number of nitrogens with two attached hydrogens (primary N) is 1. The van der Waals surface area contributed by atoms with Crippen molar-refractivity contribution in [2.45, 2.75) is 19.3 Å². The van der Waals surface area contributed by atoms with Gasteiger partial charge in [-0.25, -0.2) is 0 Å². The molecule has 22 heavy (non-hydrogen) atoms. The Morgan fingerprint density at radius 2 is 2.23 bits per heavy atom. The summed E-state index contributed by atoms with van der Waals surface area (Å²) in [5, 5.41) is 16.7. The zero-order valence-corrected chi connectivity index (χ0v) is 12.4. The summed E-state index contributed by atoms with van der Waals surface area (Å²) in [5.41, 5.74) is 8.92. The van der Waals surface area contributed by atoms with Gasteiger partial charge in [-0.3, -0.25) is 5.10 Å². The minimum atomic E-state index is -0.349. The molecular weight excluding hydrogens is 280 g/mol. The molecule has 1 aromatic carbocycles. The molecule has 0 amide bonds.